The predicted molar refractivity (Wildman–Crippen MR) is 86.1 cm³/mol. The van der Waals surface area contributed by atoms with Crippen LogP contribution >= 0.6 is 11.6 Å². The van der Waals surface area contributed by atoms with E-state index in [1.165, 1.54) is 11.0 Å². The Hall–Kier alpha value is -1.81. The maximum absolute atomic E-state index is 11.9. The van der Waals surface area contributed by atoms with E-state index in [4.69, 9.17) is 11.6 Å². The highest BCUT2D eigenvalue weighted by molar-refractivity contribution is 6.31. The quantitative estimate of drug-likeness (QED) is 0.850. The number of aryl methyl sites for hydroxylation is 1. The first-order chi connectivity index (χ1) is 9.79. The first-order valence-electron chi connectivity index (χ1n) is 6.78. The molecular weight excluding hydrogens is 288 g/mol. The van der Waals surface area contributed by atoms with E-state index in [1.54, 1.807) is 19.2 Å². The van der Waals surface area contributed by atoms with Gasteiger partial charge in [-0.25, -0.2) is 0 Å². The fraction of sp³-hybridized carbons (Fsp3) is 0.375. The Bertz CT molecular complexity index is 553. The summed E-state index contributed by atoms with van der Waals surface area (Å²) in [5.74, 6) is -0.404. The number of carbonyl (C=O) groups is 2. The summed E-state index contributed by atoms with van der Waals surface area (Å²) in [6.45, 7) is 5.71. The summed E-state index contributed by atoms with van der Waals surface area (Å²) in [5.41, 5.74) is 1.83. The zero-order valence-corrected chi connectivity index (χ0v) is 13.6. The van der Waals surface area contributed by atoms with Gasteiger partial charge in [-0.05, 0) is 44.0 Å². The summed E-state index contributed by atoms with van der Waals surface area (Å²) in [4.78, 5) is 24.9. The highest BCUT2D eigenvalue weighted by Crippen LogP contribution is 2.17. The molecule has 0 aromatic heterocycles. The van der Waals surface area contributed by atoms with E-state index in [9.17, 15) is 9.59 Å². The molecule has 2 amide bonds. The summed E-state index contributed by atoms with van der Waals surface area (Å²) in [6, 6.07) is 5.64. The fourth-order valence-corrected chi connectivity index (χ4v) is 1.86. The molecule has 0 aliphatic carbocycles. The third-order valence-electron chi connectivity index (χ3n) is 2.82. The van der Waals surface area contributed by atoms with Crippen LogP contribution in [-0.4, -0.2) is 36.3 Å². The second-order valence-electron chi connectivity index (χ2n) is 5.26. The van der Waals surface area contributed by atoms with Crippen molar-refractivity contribution in [1.29, 1.82) is 0 Å². The molecule has 0 bridgehead atoms. The Labute approximate surface area is 130 Å². The van der Waals surface area contributed by atoms with Crippen molar-refractivity contribution < 1.29 is 9.59 Å². The summed E-state index contributed by atoms with van der Waals surface area (Å²) >= 11 is 6.03. The standard InChI is InChI=1S/C16H21ClN2O2/c1-11(2)18-15(20)10-19(4)16(21)8-7-13-6-5-12(3)14(17)9-13/h5-9,11H,10H2,1-4H3,(H,18,20)/b8-7+. The molecule has 0 aliphatic rings. The lowest BCUT2D eigenvalue weighted by Crippen LogP contribution is -2.40. The van der Waals surface area contributed by atoms with Crippen LogP contribution in [0.15, 0.2) is 24.3 Å². The lowest BCUT2D eigenvalue weighted by atomic mass is 10.1. The van der Waals surface area contributed by atoms with Crippen LogP contribution in [0.1, 0.15) is 25.0 Å². The van der Waals surface area contributed by atoms with Crippen LogP contribution in [0, 0.1) is 6.92 Å². The molecule has 1 aromatic rings. The Balaban J connectivity index is 2.60. The lowest BCUT2D eigenvalue weighted by Gasteiger charge is -2.16. The molecule has 114 valence electrons. The topological polar surface area (TPSA) is 49.4 Å². The summed E-state index contributed by atoms with van der Waals surface area (Å²) in [5, 5.41) is 3.40. The van der Waals surface area contributed by atoms with Crippen molar-refractivity contribution in [3.05, 3.63) is 40.4 Å². The molecule has 0 aliphatic heterocycles. The maximum Gasteiger partial charge on any atom is 0.246 e. The summed E-state index contributed by atoms with van der Waals surface area (Å²) < 4.78 is 0. The number of hydrogen-bond acceptors (Lipinski definition) is 2. The van der Waals surface area contributed by atoms with Crippen molar-refractivity contribution in [3.63, 3.8) is 0 Å². The zero-order chi connectivity index (χ0) is 16.0. The van der Waals surface area contributed by atoms with E-state index in [1.807, 2.05) is 32.9 Å². The van der Waals surface area contributed by atoms with E-state index < -0.39 is 0 Å². The van der Waals surface area contributed by atoms with E-state index in [-0.39, 0.29) is 24.4 Å². The molecule has 0 radical (unpaired) electrons. The SMILES string of the molecule is Cc1ccc(/C=C/C(=O)N(C)CC(=O)NC(C)C)cc1Cl. The second-order valence-corrected chi connectivity index (χ2v) is 5.67. The van der Waals surface area contributed by atoms with Crippen molar-refractivity contribution in [3.8, 4) is 0 Å². The molecule has 1 aromatic carbocycles. The molecule has 1 rings (SSSR count). The van der Waals surface area contributed by atoms with Gasteiger partial charge in [0.05, 0.1) is 6.54 Å². The van der Waals surface area contributed by atoms with Gasteiger partial charge in [0.25, 0.3) is 0 Å². The van der Waals surface area contributed by atoms with Gasteiger partial charge in [-0.15, -0.1) is 0 Å². The first kappa shape index (κ1) is 17.2. The third-order valence-corrected chi connectivity index (χ3v) is 3.23. The van der Waals surface area contributed by atoms with Gasteiger partial charge in [0, 0.05) is 24.2 Å². The fourth-order valence-electron chi connectivity index (χ4n) is 1.67. The highest BCUT2D eigenvalue weighted by atomic mass is 35.5. The number of benzene rings is 1. The van der Waals surface area contributed by atoms with E-state index in [2.05, 4.69) is 5.32 Å². The van der Waals surface area contributed by atoms with Crippen LogP contribution in [0.25, 0.3) is 6.08 Å². The minimum absolute atomic E-state index is 0.0377. The highest BCUT2D eigenvalue weighted by Gasteiger charge is 2.10. The van der Waals surface area contributed by atoms with E-state index in [0.29, 0.717) is 5.02 Å². The Morgan fingerprint density at radius 1 is 1.38 bits per heavy atom. The van der Waals surface area contributed by atoms with Gasteiger partial charge < -0.3 is 10.2 Å². The molecule has 0 saturated heterocycles. The molecule has 4 nitrogen and oxygen atoms in total. The monoisotopic (exact) mass is 308 g/mol. The Kier molecular flexibility index (Phi) is 6.43. The molecular formula is C16H21ClN2O2. The van der Waals surface area contributed by atoms with Gasteiger partial charge in [0.2, 0.25) is 11.8 Å². The first-order valence-corrected chi connectivity index (χ1v) is 7.16. The van der Waals surface area contributed by atoms with E-state index in [0.717, 1.165) is 11.1 Å². The van der Waals surface area contributed by atoms with Gasteiger partial charge in [0.1, 0.15) is 0 Å². The van der Waals surface area contributed by atoms with Crippen molar-refractivity contribution >= 4 is 29.5 Å². The largest absolute Gasteiger partial charge is 0.352 e. The normalized spacial score (nSPS) is 11.0. The maximum atomic E-state index is 11.9. The molecule has 0 atom stereocenters. The smallest absolute Gasteiger partial charge is 0.246 e. The Morgan fingerprint density at radius 3 is 2.62 bits per heavy atom. The van der Waals surface area contributed by atoms with Crippen LogP contribution in [0.4, 0.5) is 0 Å². The summed E-state index contributed by atoms with van der Waals surface area (Å²) in [6.07, 6.45) is 3.12. The van der Waals surface area contributed by atoms with Gasteiger partial charge in [0.15, 0.2) is 0 Å². The third kappa shape index (κ3) is 6.00. The number of amides is 2. The van der Waals surface area contributed by atoms with Crippen molar-refractivity contribution in [1.82, 2.24) is 10.2 Å². The molecule has 0 heterocycles. The Morgan fingerprint density at radius 2 is 2.05 bits per heavy atom. The van der Waals surface area contributed by atoms with Crippen LogP contribution in [-0.2, 0) is 9.59 Å². The molecule has 0 unspecified atom stereocenters. The molecule has 5 heteroatoms. The van der Waals surface area contributed by atoms with Crippen molar-refractivity contribution in [2.24, 2.45) is 0 Å². The van der Waals surface area contributed by atoms with Crippen LogP contribution in [0.3, 0.4) is 0 Å². The van der Waals surface area contributed by atoms with Crippen LogP contribution in [0.2, 0.25) is 5.02 Å². The molecule has 0 spiro atoms. The van der Waals surface area contributed by atoms with Gasteiger partial charge >= 0.3 is 0 Å². The predicted octanol–water partition coefficient (Wildman–Crippen LogP) is 2.64. The molecule has 0 saturated carbocycles. The van der Waals surface area contributed by atoms with E-state index >= 15 is 0 Å². The number of carbonyl (C=O) groups excluding carboxylic acids is 2. The number of halogens is 1. The van der Waals surface area contributed by atoms with Gasteiger partial charge in [-0.3, -0.25) is 9.59 Å². The van der Waals surface area contributed by atoms with Crippen LogP contribution < -0.4 is 5.32 Å². The molecule has 21 heavy (non-hydrogen) atoms. The summed E-state index contributed by atoms with van der Waals surface area (Å²) in [7, 11) is 1.59. The molecule has 0 fully saturated rings. The van der Waals surface area contributed by atoms with Crippen molar-refractivity contribution in [2.75, 3.05) is 13.6 Å². The number of rotatable bonds is 5. The van der Waals surface area contributed by atoms with Gasteiger partial charge in [-0.2, -0.15) is 0 Å². The average molecular weight is 309 g/mol. The number of nitrogens with one attached hydrogen (secondary N) is 1. The number of hydrogen-bond donors (Lipinski definition) is 1. The molecule has 1 N–H and O–H groups in total. The van der Waals surface area contributed by atoms with Gasteiger partial charge in [-0.1, -0.05) is 23.7 Å². The number of likely N-dealkylation sites (N-methyl/N-ethyl adjacent to an activating group) is 1. The second kappa shape index (κ2) is 7.84. The number of nitrogens with zero attached hydrogens (tertiary/aromatic N) is 1. The minimum atomic E-state index is -0.231. The lowest BCUT2D eigenvalue weighted by molar-refractivity contribution is -0.131. The minimum Gasteiger partial charge on any atom is -0.352 e. The zero-order valence-electron chi connectivity index (χ0n) is 12.8. The average Bonchev–Trinajstić information content (AvgIpc) is 2.38. The van der Waals surface area contributed by atoms with Crippen molar-refractivity contribution in [2.45, 2.75) is 26.8 Å². The van der Waals surface area contributed by atoms with Crippen LogP contribution in [0.5, 0.6) is 0 Å².